The molecule has 0 fully saturated rings. The van der Waals surface area contributed by atoms with E-state index in [4.69, 9.17) is 4.74 Å². The minimum absolute atomic E-state index is 0.00928. The summed E-state index contributed by atoms with van der Waals surface area (Å²) in [6.45, 7) is 0.659. The molecule has 1 radical (unpaired) electrons. The smallest absolute Gasteiger partial charge is 0.234 e. The maximum atomic E-state index is 11.5. The molecule has 1 unspecified atom stereocenters. The fraction of sp³-hybridized carbons (Fsp3) is 0.200. The van der Waals surface area contributed by atoms with Crippen molar-refractivity contribution in [3.8, 4) is 5.75 Å². The van der Waals surface area contributed by atoms with Crippen LogP contribution in [0.4, 0.5) is 11.4 Å². The van der Waals surface area contributed by atoms with Crippen molar-refractivity contribution in [1.29, 1.82) is 0 Å². The number of benzene rings is 1. The number of carbonyl (C=O) groups is 1. The monoisotopic (exact) mass is 298 g/mol. The summed E-state index contributed by atoms with van der Waals surface area (Å²) in [5.41, 5.74) is 2.66. The minimum atomic E-state index is -0.124. The first kappa shape index (κ1) is 12.5. The third kappa shape index (κ3) is 2.31. The standard InChI is InChI=1S/C15H12N3O2S/c19-14-8-21-15-11(18-14)5-9(6-17-15)13-7-16-10-3-1-2-4-12(10)20-13/h2-6,13,16H,7-8H2,(H,18,19). The Balaban J connectivity index is 1.63. The Morgan fingerprint density at radius 1 is 1.43 bits per heavy atom. The SMILES string of the molecule is O=C1CSc2ncc(C3CNc4c[c]ccc4O3)cc2N1. The average molecular weight is 298 g/mol. The van der Waals surface area contributed by atoms with Crippen LogP contribution in [0.1, 0.15) is 11.7 Å². The van der Waals surface area contributed by atoms with Crippen LogP contribution in [0, 0.1) is 6.07 Å². The van der Waals surface area contributed by atoms with Gasteiger partial charge in [0.25, 0.3) is 0 Å². The van der Waals surface area contributed by atoms with Gasteiger partial charge in [-0.15, -0.1) is 0 Å². The van der Waals surface area contributed by atoms with Crippen molar-refractivity contribution in [3.05, 3.63) is 42.1 Å². The lowest BCUT2D eigenvalue weighted by Crippen LogP contribution is -2.25. The molecule has 0 saturated carbocycles. The third-order valence-electron chi connectivity index (χ3n) is 3.43. The lowest BCUT2D eigenvalue weighted by molar-refractivity contribution is -0.113. The molecule has 0 bridgehead atoms. The second-order valence-electron chi connectivity index (χ2n) is 4.87. The van der Waals surface area contributed by atoms with Crippen LogP contribution in [0.15, 0.2) is 35.5 Å². The molecule has 21 heavy (non-hydrogen) atoms. The fourth-order valence-corrected chi connectivity index (χ4v) is 3.14. The number of anilines is 2. The zero-order chi connectivity index (χ0) is 14.2. The molecule has 0 spiro atoms. The number of nitrogens with zero attached hydrogens (tertiary/aromatic N) is 1. The zero-order valence-electron chi connectivity index (χ0n) is 11.1. The van der Waals surface area contributed by atoms with Crippen molar-refractivity contribution in [1.82, 2.24) is 4.98 Å². The van der Waals surface area contributed by atoms with Crippen LogP contribution >= 0.6 is 11.8 Å². The van der Waals surface area contributed by atoms with E-state index in [-0.39, 0.29) is 12.0 Å². The van der Waals surface area contributed by atoms with Gasteiger partial charge in [-0.25, -0.2) is 4.98 Å². The molecule has 2 aliphatic heterocycles. The average Bonchev–Trinajstić information content (AvgIpc) is 2.53. The first-order valence-electron chi connectivity index (χ1n) is 6.63. The van der Waals surface area contributed by atoms with Crippen molar-refractivity contribution in [2.45, 2.75) is 11.1 Å². The Hall–Kier alpha value is -2.21. The lowest BCUT2D eigenvalue weighted by Gasteiger charge is -2.28. The number of ether oxygens (including phenoxy) is 1. The molecule has 2 aliphatic rings. The highest BCUT2D eigenvalue weighted by Gasteiger charge is 2.23. The Bertz CT molecular complexity index is 720. The zero-order valence-corrected chi connectivity index (χ0v) is 11.9. The fourth-order valence-electron chi connectivity index (χ4n) is 2.41. The first-order chi connectivity index (χ1) is 10.3. The molecule has 2 aromatic rings. The van der Waals surface area contributed by atoms with E-state index in [1.54, 1.807) is 0 Å². The summed E-state index contributed by atoms with van der Waals surface area (Å²) in [6, 6.07) is 10.5. The molecule has 0 aliphatic carbocycles. The minimum Gasteiger partial charge on any atom is -0.482 e. The highest BCUT2D eigenvalue weighted by Crippen LogP contribution is 2.36. The Morgan fingerprint density at radius 2 is 2.38 bits per heavy atom. The van der Waals surface area contributed by atoms with Crippen molar-refractivity contribution in [2.75, 3.05) is 22.9 Å². The number of hydrogen-bond donors (Lipinski definition) is 2. The number of hydrogen-bond acceptors (Lipinski definition) is 5. The summed E-state index contributed by atoms with van der Waals surface area (Å²) in [4.78, 5) is 15.9. The molecule has 3 heterocycles. The molecule has 1 aromatic heterocycles. The van der Waals surface area contributed by atoms with Gasteiger partial charge in [0.15, 0.2) is 0 Å². The maximum absolute atomic E-state index is 11.5. The molecule has 1 atom stereocenters. The Labute approximate surface area is 126 Å². The van der Waals surface area contributed by atoms with Crippen molar-refractivity contribution in [3.63, 3.8) is 0 Å². The van der Waals surface area contributed by atoms with E-state index in [1.807, 2.05) is 30.5 Å². The molecule has 0 saturated heterocycles. The molecule has 4 rings (SSSR count). The number of pyridine rings is 1. The number of nitrogens with one attached hydrogen (secondary N) is 2. The summed E-state index contributed by atoms with van der Waals surface area (Å²) in [6.07, 6.45) is 1.69. The van der Waals surface area contributed by atoms with Crippen molar-refractivity contribution in [2.24, 2.45) is 0 Å². The van der Waals surface area contributed by atoms with Crippen LogP contribution in [-0.2, 0) is 4.79 Å². The molecule has 1 amide bonds. The van der Waals surface area contributed by atoms with E-state index in [9.17, 15) is 4.79 Å². The van der Waals surface area contributed by atoms with Crippen LogP contribution in [-0.4, -0.2) is 23.2 Å². The summed E-state index contributed by atoms with van der Waals surface area (Å²) >= 11 is 1.46. The van der Waals surface area contributed by atoms with E-state index in [1.165, 1.54) is 11.8 Å². The number of carbonyl (C=O) groups excluding carboxylic acids is 1. The number of amides is 1. The molecule has 105 valence electrons. The summed E-state index contributed by atoms with van der Waals surface area (Å²) < 4.78 is 5.99. The van der Waals surface area contributed by atoms with E-state index in [0.717, 1.165) is 27.7 Å². The van der Waals surface area contributed by atoms with Crippen LogP contribution < -0.4 is 15.4 Å². The van der Waals surface area contributed by atoms with Gasteiger partial charge in [0.1, 0.15) is 16.9 Å². The highest BCUT2D eigenvalue weighted by molar-refractivity contribution is 8.00. The van der Waals surface area contributed by atoms with Crippen LogP contribution in [0.2, 0.25) is 0 Å². The Kier molecular flexibility index (Phi) is 2.96. The number of aromatic nitrogens is 1. The number of thioether (sulfide) groups is 1. The largest absolute Gasteiger partial charge is 0.482 e. The van der Waals surface area contributed by atoms with E-state index in [2.05, 4.69) is 21.7 Å². The molecule has 6 heteroatoms. The molecular weight excluding hydrogens is 286 g/mol. The maximum Gasteiger partial charge on any atom is 0.234 e. The topological polar surface area (TPSA) is 63.2 Å². The predicted octanol–water partition coefficient (Wildman–Crippen LogP) is 2.47. The quantitative estimate of drug-likeness (QED) is 0.847. The molecule has 5 nitrogen and oxygen atoms in total. The lowest BCUT2D eigenvalue weighted by atomic mass is 10.1. The second-order valence-corrected chi connectivity index (χ2v) is 5.83. The number of fused-ring (bicyclic) bond motifs is 2. The Morgan fingerprint density at radius 3 is 3.33 bits per heavy atom. The van der Waals surface area contributed by atoms with Gasteiger partial charge in [0, 0.05) is 11.8 Å². The summed E-state index contributed by atoms with van der Waals surface area (Å²) in [5.74, 6) is 1.24. The van der Waals surface area contributed by atoms with Gasteiger partial charge in [-0.1, -0.05) is 17.8 Å². The van der Waals surface area contributed by atoms with E-state index < -0.39 is 0 Å². The van der Waals surface area contributed by atoms with Gasteiger partial charge in [-0.3, -0.25) is 4.79 Å². The summed E-state index contributed by atoms with van der Waals surface area (Å²) in [7, 11) is 0. The molecule has 2 N–H and O–H groups in total. The van der Waals surface area contributed by atoms with E-state index >= 15 is 0 Å². The van der Waals surface area contributed by atoms with Crippen LogP contribution in [0.5, 0.6) is 5.75 Å². The van der Waals surface area contributed by atoms with Gasteiger partial charge in [-0.2, -0.15) is 0 Å². The van der Waals surface area contributed by atoms with Gasteiger partial charge in [0.05, 0.1) is 23.7 Å². The summed E-state index contributed by atoms with van der Waals surface area (Å²) in [5, 5.41) is 7.04. The van der Waals surface area contributed by atoms with Gasteiger partial charge < -0.3 is 15.4 Å². The van der Waals surface area contributed by atoms with Gasteiger partial charge >= 0.3 is 0 Å². The first-order valence-corrected chi connectivity index (χ1v) is 7.61. The van der Waals surface area contributed by atoms with Gasteiger partial charge in [-0.05, 0) is 24.3 Å². The number of rotatable bonds is 1. The van der Waals surface area contributed by atoms with Gasteiger partial charge in [0.2, 0.25) is 5.91 Å². The second kappa shape index (κ2) is 4.96. The molecular formula is C15H12N3O2S. The van der Waals surface area contributed by atoms with Crippen molar-refractivity contribution >= 4 is 29.0 Å². The van der Waals surface area contributed by atoms with Crippen LogP contribution in [0.25, 0.3) is 0 Å². The van der Waals surface area contributed by atoms with Crippen molar-refractivity contribution < 1.29 is 9.53 Å². The van der Waals surface area contributed by atoms with E-state index in [0.29, 0.717) is 12.3 Å². The third-order valence-corrected chi connectivity index (χ3v) is 4.43. The highest BCUT2D eigenvalue weighted by atomic mass is 32.2. The normalized spacial score (nSPS) is 19.6. The van der Waals surface area contributed by atoms with Crippen LogP contribution in [0.3, 0.4) is 0 Å². The molecule has 1 aromatic carbocycles. The predicted molar refractivity (Wildman–Crippen MR) is 80.7 cm³/mol.